The molecule has 0 spiro atoms. The van der Waals surface area contributed by atoms with E-state index in [2.05, 4.69) is 56.0 Å². The molecule has 0 unspecified atom stereocenters. The third-order valence-corrected chi connectivity index (χ3v) is 5.41. The smallest absolute Gasteiger partial charge is 0.0488 e. The fourth-order valence-corrected chi connectivity index (χ4v) is 3.50. The van der Waals surface area contributed by atoms with Crippen molar-refractivity contribution < 1.29 is 0 Å². The van der Waals surface area contributed by atoms with Crippen molar-refractivity contribution in [2.24, 2.45) is 0 Å². The van der Waals surface area contributed by atoms with Gasteiger partial charge in [0.25, 0.3) is 0 Å². The van der Waals surface area contributed by atoms with Crippen LogP contribution in [0.4, 0.5) is 0 Å². The Bertz CT molecular complexity index is 452. The van der Waals surface area contributed by atoms with E-state index in [1.165, 1.54) is 19.2 Å². The minimum Gasteiger partial charge on any atom is -0.143 e. The van der Waals surface area contributed by atoms with Crippen molar-refractivity contribution in [1.29, 1.82) is 0 Å². The molecule has 0 fully saturated rings. The molecule has 0 atom stereocenters. The predicted octanol–water partition coefficient (Wildman–Crippen LogP) is 5.01. The normalized spacial score (nSPS) is 11.0. The van der Waals surface area contributed by atoms with Crippen LogP contribution in [0.25, 0.3) is 10.1 Å². The summed E-state index contributed by atoms with van der Waals surface area (Å²) in [7, 11) is 0. The van der Waals surface area contributed by atoms with Gasteiger partial charge in [0.2, 0.25) is 0 Å². The van der Waals surface area contributed by atoms with Crippen LogP contribution in [-0.4, -0.2) is 0 Å². The van der Waals surface area contributed by atoms with Crippen molar-refractivity contribution in [2.45, 2.75) is 5.88 Å². The van der Waals surface area contributed by atoms with Crippen molar-refractivity contribution >= 4 is 71.5 Å². The van der Waals surface area contributed by atoms with Crippen LogP contribution in [0.1, 0.15) is 5.56 Å². The molecule has 1 aromatic carbocycles. The highest BCUT2D eigenvalue weighted by atomic mass is 127. The zero-order chi connectivity index (χ0) is 9.42. The molecule has 2 aromatic rings. The van der Waals surface area contributed by atoms with Crippen molar-refractivity contribution in [1.82, 2.24) is 0 Å². The molecule has 13 heavy (non-hydrogen) atoms. The molecule has 0 saturated heterocycles. The van der Waals surface area contributed by atoms with E-state index < -0.39 is 0 Å². The van der Waals surface area contributed by atoms with Crippen molar-refractivity contribution in [2.75, 3.05) is 0 Å². The van der Waals surface area contributed by atoms with Gasteiger partial charge in [-0.1, -0.05) is 0 Å². The Labute approximate surface area is 108 Å². The van der Waals surface area contributed by atoms with Gasteiger partial charge < -0.3 is 0 Å². The first kappa shape index (κ1) is 10.2. The molecule has 1 heterocycles. The van der Waals surface area contributed by atoms with E-state index >= 15 is 0 Å². The fraction of sp³-hybridized carbons (Fsp3) is 0.111. The summed E-state index contributed by atoms with van der Waals surface area (Å²) in [6.07, 6.45) is 0. The minimum atomic E-state index is 0.590. The van der Waals surface area contributed by atoms with E-state index in [0.29, 0.717) is 5.88 Å². The van der Waals surface area contributed by atoms with Crippen LogP contribution in [0.3, 0.4) is 0 Å². The highest BCUT2D eigenvalue weighted by Gasteiger charge is 2.05. The van der Waals surface area contributed by atoms with Crippen molar-refractivity contribution in [3.8, 4) is 0 Å². The van der Waals surface area contributed by atoms with Gasteiger partial charge in [0.15, 0.2) is 0 Å². The molecule has 0 bridgehead atoms. The topological polar surface area (TPSA) is 0 Å². The van der Waals surface area contributed by atoms with Gasteiger partial charge in [0.05, 0.1) is 0 Å². The van der Waals surface area contributed by atoms with Crippen LogP contribution in [0, 0.1) is 3.57 Å². The summed E-state index contributed by atoms with van der Waals surface area (Å²) < 4.78 is 3.70. The molecular weight excluding hydrogens is 382 g/mol. The van der Waals surface area contributed by atoms with Crippen LogP contribution in [0.5, 0.6) is 0 Å². The molecular formula is C9H5BrClIS. The molecule has 0 radical (unpaired) electrons. The van der Waals surface area contributed by atoms with E-state index in [9.17, 15) is 0 Å². The number of benzene rings is 1. The molecule has 0 aliphatic carbocycles. The van der Waals surface area contributed by atoms with Crippen LogP contribution < -0.4 is 0 Å². The van der Waals surface area contributed by atoms with Crippen LogP contribution in [0.15, 0.2) is 22.0 Å². The second-order valence-electron chi connectivity index (χ2n) is 2.66. The number of thiophene rings is 1. The van der Waals surface area contributed by atoms with Gasteiger partial charge in [-0.05, 0) is 67.0 Å². The Morgan fingerprint density at radius 3 is 2.92 bits per heavy atom. The summed E-state index contributed by atoms with van der Waals surface area (Å²) in [5.41, 5.74) is 1.22. The second kappa shape index (κ2) is 4.04. The van der Waals surface area contributed by atoms with E-state index in [1.807, 2.05) is 0 Å². The zero-order valence-corrected chi connectivity index (χ0v) is 11.8. The molecule has 0 nitrogen and oxygen atoms in total. The maximum absolute atomic E-state index is 5.83. The van der Waals surface area contributed by atoms with Gasteiger partial charge in [-0.3, -0.25) is 0 Å². The summed E-state index contributed by atoms with van der Waals surface area (Å²) >= 11 is 13.4. The van der Waals surface area contributed by atoms with Crippen LogP contribution in [0.2, 0.25) is 0 Å². The average molecular weight is 387 g/mol. The standard InChI is InChI=1S/C9H5BrClIS/c10-7-1-6-5(3-11)4-13-9(6)2-8(7)12/h1-2,4H,3H2. The fourth-order valence-electron chi connectivity index (χ4n) is 1.18. The third kappa shape index (κ3) is 1.89. The molecule has 1 aromatic heterocycles. The van der Waals surface area contributed by atoms with Gasteiger partial charge in [-0.15, -0.1) is 22.9 Å². The lowest BCUT2D eigenvalue weighted by Crippen LogP contribution is -1.76. The number of fused-ring (bicyclic) bond motifs is 1. The van der Waals surface area contributed by atoms with E-state index in [0.717, 1.165) is 4.47 Å². The summed E-state index contributed by atoms with van der Waals surface area (Å²) in [5.74, 6) is 0.590. The number of hydrogen-bond donors (Lipinski definition) is 0. The molecule has 2 rings (SSSR count). The summed E-state index contributed by atoms with van der Waals surface area (Å²) in [4.78, 5) is 0. The Morgan fingerprint density at radius 1 is 1.46 bits per heavy atom. The highest BCUT2D eigenvalue weighted by Crippen LogP contribution is 2.32. The second-order valence-corrected chi connectivity index (χ2v) is 5.85. The molecule has 0 aliphatic rings. The predicted molar refractivity (Wildman–Crippen MR) is 71.8 cm³/mol. The van der Waals surface area contributed by atoms with Gasteiger partial charge >= 0.3 is 0 Å². The Balaban J connectivity index is 2.77. The molecule has 0 amide bonds. The van der Waals surface area contributed by atoms with Gasteiger partial charge in [0, 0.05) is 18.6 Å². The van der Waals surface area contributed by atoms with E-state index in [4.69, 9.17) is 11.6 Å². The molecule has 0 N–H and O–H groups in total. The number of rotatable bonds is 1. The maximum Gasteiger partial charge on any atom is 0.0488 e. The summed E-state index contributed by atoms with van der Waals surface area (Å²) in [6.45, 7) is 0. The van der Waals surface area contributed by atoms with Crippen LogP contribution in [-0.2, 0) is 5.88 Å². The van der Waals surface area contributed by atoms with E-state index in [-0.39, 0.29) is 0 Å². The Morgan fingerprint density at radius 2 is 2.23 bits per heavy atom. The van der Waals surface area contributed by atoms with E-state index in [1.54, 1.807) is 11.3 Å². The lowest BCUT2D eigenvalue weighted by molar-refractivity contribution is 1.49. The SMILES string of the molecule is ClCc1csc2cc(I)c(Br)cc12. The minimum absolute atomic E-state index is 0.590. The van der Waals surface area contributed by atoms with Crippen molar-refractivity contribution in [3.63, 3.8) is 0 Å². The molecule has 0 saturated carbocycles. The largest absolute Gasteiger partial charge is 0.143 e. The third-order valence-electron chi connectivity index (χ3n) is 1.84. The number of hydrogen-bond acceptors (Lipinski definition) is 1. The first-order valence-electron chi connectivity index (χ1n) is 3.63. The summed E-state index contributed by atoms with van der Waals surface area (Å²) in [6, 6.07) is 4.33. The first-order chi connectivity index (χ1) is 6.22. The lowest BCUT2D eigenvalue weighted by Gasteiger charge is -1.97. The molecule has 4 heteroatoms. The number of alkyl halides is 1. The van der Waals surface area contributed by atoms with Gasteiger partial charge in [-0.2, -0.15) is 0 Å². The van der Waals surface area contributed by atoms with Crippen molar-refractivity contribution in [3.05, 3.63) is 31.1 Å². The molecule has 0 aliphatic heterocycles. The molecule has 68 valence electrons. The monoisotopic (exact) mass is 386 g/mol. The summed E-state index contributed by atoms with van der Waals surface area (Å²) in [5, 5.41) is 3.40. The maximum atomic E-state index is 5.83. The Hall–Kier alpha value is 0.680. The van der Waals surface area contributed by atoms with Gasteiger partial charge in [-0.25, -0.2) is 0 Å². The Kier molecular flexibility index (Phi) is 3.18. The first-order valence-corrected chi connectivity index (χ1v) is 6.92. The number of halogens is 3. The average Bonchev–Trinajstić information content (AvgIpc) is 2.48. The quantitative estimate of drug-likeness (QED) is 0.477. The zero-order valence-electron chi connectivity index (χ0n) is 6.48. The van der Waals surface area contributed by atoms with Gasteiger partial charge in [0.1, 0.15) is 0 Å². The highest BCUT2D eigenvalue weighted by molar-refractivity contribution is 14.1. The van der Waals surface area contributed by atoms with Crippen LogP contribution >= 0.6 is 61.5 Å². The lowest BCUT2D eigenvalue weighted by atomic mass is 10.2.